The van der Waals surface area contributed by atoms with Crippen LogP contribution in [0.1, 0.15) is 222 Å². The number of nitrogens with zero attached hydrogens (tertiary/aromatic N) is 5. The molecule has 0 atom stereocenters. The van der Waals surface area contributed by atoms with Crippen LogP contribution < -0.4 is 26.2 Å². The van der Waals surface area contributed by atoms with Crippen molar-refractivity contribution in [2.24, 2.45) is 0 Å². The SMILES string of the molecule is [2H]c1c([2H])c(C(C)(C)C)c([2H])c([2H])c1-c1cc(C(C)(C)C)cc(-c2ccccc2)c1N1c2cc(-c3cc(C(C)(C)C)cc(C(C)(C)C)c3)ccc2B2c3ccc(-c4cc(C(C)(C)C)cc(C(C)(C)C)c4)cc3N(c3cccc(-n4c5ccccc5c5ccccc54)c3C#N)c3cc(-n4c5ccc(C(C)(C)C)cc5c5cc(C(C)(C)C)ccc54)cc1c32. The van der Waals surface area contributed by atoms with Gasteiger partial charge in [-0.1, -0.05) is 336 Å². The van der Waals surface area contributed by atoms with E-state index >= 15 is 0 Å². The van der Waals surface area contributed by atoms with Gasteiger partial charge in [0.2, 0.25) is 0 Å². The summed E-state index contributed by atoms with van der Waals surface area (Å²) in [4.78, 5) is 4.92. The molecule has 0 fully saturated rings. The number of rotatable bonds is 8. The van der Waals surface area contributed by atoms with Crippen LogP contribution >= 0.6 is 0 Å². The van der Waals surface area contributed by atoms with Gasteiger partial charge in [0.15, 0.2) is 0 Å². The molecule has 117 heavy (non-hydrogen) atoms. The lowest BCUT2D eigenvalue weighted by Gasteiger charge is -2.46. The summed E-state index contributed by atoms with van der Waals surface area (Å²) in [6.07, 6.45) is 0. The molecule has 5 nitrogen and oxygen atoms in total. The Kier molecular flexibility index (Phi) is 17.1. The highest BCUT2D eigenvalue weighted by Crippen LogP contribution is 2.55. The molecule has 15 aromatic rings. The molecule has 6 heteroatoms. The van der Waals surface area contributed by atoms with Crippen LogP contribution in [0.4, 0.5) is 34.1 Å². The molecule has 0 radical (unpaired) electrons. The van der Waals surface area contributed by atoms with E-state index in [4.69, 9.17) is 0 Å². The van der Waals surface area contributed by atoms with Crippen molar-refractivity contribution >= 4 is 101 Å². The summed E-state index contributed by atoms with van der Waals surface area (Å²) in [7, 11) is 0. The maximum atomic E-state index is 12.8. The monoisotopic (exact) mass is 1530 g/mol. The molecule has 17 rings (SSSR count). The third kappa shape index (κ3) is 13.6. The van der Waals surface area contributed by atoms with Crippen molar-refractivity contribution in [3.63, 3.8) is 0 Å². The van der Waals surface area contributed by atoms with Crippen molar-refractivity contribution in [2.75, 3.05) is 9.80 Å². The van der Waals surface area contributed by atoms with Gasteiger partial charge in [-0.3, -0.25) is 0 Å². The predicted molar refractivity (Wildman–Crippen MR) is 505 cm³/mol. The van der Waals surface area contributed by atoms with Crippen LogP contribution in [0.2, 0.25) is 0 Å². The predicted octanol–water partition coefficient (Wildman–Crippen LogP) is 28.9. The lowest BCUT2D eigenvalue weighted by Crippen LogP contribution is -2.61. The first kappa shape index (κ1) is 73.3. The van der Waals surface area contributed by atoms with Gasteiger partial charge in [-0.05, 0) is 223 Å². The Bertz CT molecular complexity index is 6650. The Hall–Kier alpha value is -11.4. The second-order valence-corrected chi connectivity index (χ2v) is 41.6. The average Bonchev–Trinajstić information content (AvgIpc) is 1.14. The molecular weight excluding hydrogens is 1410 g/mol. The number of hydrogen-bond acceptors (Lipinski definition) is 3. The Morgan fingerprint density at radius 2 is 0.667 bits per heavy atom. The zero-order chi connectivity index (χ0) is 86.6. The van der Waals surface area contributed by atoms with Gasteiger partial charge in [-0.25, -0.2) is 0 Å². The number of benzene rings is 13. The number of nitriles is 1. The highest BCUT2D eigenvalue weighted by molar-refractivity contribution is 7.00. The maximum Gasteiger partial charge on any atom is 0.252 e. The Balaban J connectivity index is 1.12. The molecule has 0 amide bonds. The van der Waals surface area contributed by atoms with Gasteiger partial charge in [0.25, 0.3) is 6.71 Å². The highest BCUT2D eigenvalue weighted by Gasteiger charge is 2.46. The number of aromatic nitrogens is 2. The lowest BCUT2D eigenvalue weighted by atomic mass is 9.33. The summed E-state index contributed by atoms with van der Waals surface area (Å²) in [5, 5.41) is 17.2. The third-order valence-corrected chi connectivity index (χ3v) is 24.9. The van der Waals surface area contributed by atoms with Crippen LogP contribution in [-0.4, -0.2) is 15.8 Å². The van der Waals surface area contributed by atoms with Crippen LogP contribution in [0, 0.1) is 11.3 Å². The van der Waals surface area contributed by atoms with Gasteiger partial charge >= 0.3 is 0 Å². The topological polar surface area (TPSA) is 40.1 Å². The summed E-state index contributed by atoms with van der Waals surface area (Å²) in [5.74, 6) is 0. The number of anilines is 6. The largest absolute Gasteiger partial charge is 0.310 e. The van der Waals surface area contributed by atoms with Crippen molar-refractivity contribution in [3.8, 4) is 62.0 Å². The fourth-order valence-corrected chi connectivity index (χ4v) is 17.9. The smallest absolute Gasteiger partial charge is 0.252 e. The summed E-state index contributed by atoms with van der Waals surface area (Å²) in [6, 6.07) is 88.9. The Morgan fingerprint density at radius 1 is 0.274 bits per heavy atom. The first-order valence-corrected chi connectivity index (χ1v) is 42.1. The zero-order valence-corrected chi connectivity index (χ0v) is 73.3. The van der Waals surface area contributed by atoms with E-state index in [9.17, 15) is 10.7 Å². The minimum atomic E-state index is -0.740. The number of fused-ring (bicyclic) bond motifs is 10. The maximum absolute atomic E-state index is 12.8. The fraction of sp³-hybridized carbons (Fsp3) is 0.288. The van der Waals surface area contributed by atoms with E-state index in [1.54, 1.807) is 0 Å². The molecule has 0 N–H and O–H groups in total. The minimum Gasteiger partial charge on any atom is -0.310 e. The summed E-state index contributed by atoms with van der Waals surface area (Å²) >= 11 is 0. The van der Waals surface area contributed by atoms with Crippen LogP contribution in [0.3, 0.4) is 0 Å². The Labute approximate surface area is 702 Å². The number of para-hydroxylation sites is 2. The molecule has 0 saturated carbocycles. The second-order valence-electron chi connectivity index (χ2n) is 41.6. The molecule has 586 valence electrons. The summed E-state index contributed by atoms with van der Waals surface area (Å²) < 4.78 is 46.6. The Morgan fingerprint density at radius 3 is 1.11 bits per heavy atom. The first-order valence-electron chi connectivity index (χ1n) is 44.1. The van der Waals surface area contributed by atoms with E-state index in [1.165, 1.54) is 33.4 Å². The standard InChI is InChI=1S/C111H114BN5/c1-104(2,3)74-45-41-69(42-46-74)86-64-81(111(22,23)24)63-85(68-33-26-25-27-34-68)103(86)117-99-58-71(73-55-79(109(16,17)18)60-80(56-73)110(19,20)21)44-50-91(99)112-90-49-43-70(72-53-77(107(10,11)12)59-78(54-72)108(13,14)15)57-98(90)116(95-40-32-39-94(89(95)67-113)115-92-37-30-28-35-83(92)84-36-29-31-38-93(84)115)100-65-82(66-101(117)102(100)112)114-96-51-47-75(105(4,5)6)61-87(96)88-62-76(106(7,8)9)48-52-97(88)114/h25-66H,1-24H3/i41D,42D,45D,46D. The molecule has 2 aliphatic rings. The molecule has 2 aliphatic heterocycles. The number of hydrogen-bond donors (Lipinski definition) is 0. The summed E-state index contributed by atoms with van der Waals surface area (Å²) in [6.45, 7) is 53.5. The van der Waals surface area contributed by atoms with Gasteiger partial charge in [0.05, 0.1) is 50.3 Å². The van der Waals surface area contributed by atoms with Crippen molar-refractivity contribution in [1.29, 1.82) is 5.26 Å². The minimum absolute atomic E-state index is 0.0653. The fourth-order valence-electron chi connectivity index (χ4n) is 17.9. The van der Waals surface area contributed by atoms with Gasteiger partial charge in [0.1, 0.15) is 11.6 Å². The molecule has 13 aromatic carbocycles. The summed E-state index contributed by atoms with van der Waals surface area (Å²) in [5.41, 5.74) is 27.3. The quantitative estimate of drug-likeness (QED) is 0.142. The van der Waals surface area contributed by atoms with Gasteiger partial charge < -0.3 is 18.9 Å². The van der Waals surface area contributed by atoms with E-state index in [0.29, 0.717) is 28.1 Å². The van der Waals surface area contributed by atoms with Gasteiger partial charge in [-0.2, -0.15) is 5.26 Å². The molecule has 0 saturated heterocycles. The van der Waals surface area contributed by atoms with Crippen molar-refractivity contribution in [1.82, 2.24) is 9.13 Å². The van der Waals surface area contributed by atoms with E-state index in [0.717, 1.165) is 133 Å². The molecule has 0 bridgehead atoms. The van der Waals surface area contributed by atoms with Crippen LogP contribution in [0.15, 0.2) is 255 Å². The van der Waals surface area contributed by atoms with Crippen molar-refractivity contribution in [2.45, 2.75) is 209 Å². The van der Waals surface area contributed by atoms with Gasteiger partial charge in [-0.15, -0.1) is 0 Å². The molecule has 0 aliphatic carbocycles. The normalized spacial score (nSPS) is 14.1. The lowest BCUT2D eigenvalue weighted by molar-refractivity contribution is 0.568. The first-order chi connectivity index (χ1) is 56.7. The van der Waals surface area contributed by atoms with Crippen LogP contribution in [0.5, 0.6) is 0 Å². The second kappa shape index (κ2) is 27.4. The molecule has 0 unspecified atom stereocenters. The van der Waals surface area contributed by atoms with Crippen LogP contribution in [0.25, 0.3) is 99.5 Å². The van der Waals surface area contributed by atoms with E-state index < -0.39 is 17.5 Å². The third-order valence-electron chi connectivity index (χ3n) is 24.9. The zero-order valence-electron chi connectivity index (χ0n) is 77.3. The average molecular weight is 1530 g/mol. The molecule has 2 aromatic heterocycles. The van der Waals surface area contributed by atoms with Gasteiger partial charge in [0, 0.05) is 55.4 Å². The molecule has 0 spiro atoms. The van der Waals surface area contributed by atoms with Crippen molar-refractivity contribution < 1.29 is 5.48 Å². The molecule has 4 heterocycles. The van der Waals surface area contributed by atoms with E-state index in [-0.39, 0.29) is 62.2 Å². The highest BCUT2D eigenvalue weighted by atomic mass is 15.2. The molecular formula is C111H114BN5. The van der Waals surface area contributed by atoms with E-state index in [1.807, 2.05) is 20.8 Å². The van der Waals surface area contributed by atoms with Crippen LogP contribution in [-0.2, 0) is 43.3 Å². The van der Waals surface area contributed by atoms with E-state index in [2.05, 4.69) is 401 Å². The van der Waals surface area contributed by atoms with Crippen molar-refractivity contribution in [3.05, 3.63) is 305 Å².